The molecule has 0 atom stereocenters. The highest BCUT2D eigenvalue weighted by atomic mass is 16.2. The summed E-state index contributed by atoms with van der Waals surface area (Å²) in [6, 6.07) is 17.6. The number of hydrogen-bond donors (Lipinski definition) is 1. The zero-order valence-corrected chi connectivity index (χ0v) is 16.7. The van der Waals surface area contributed by atoms with E-state index in [1.807, 2.05) is 55.1 Å². The predicted molar refractivity (Wildman–Crippen MR) is 114 cm³/mol. The normalized spacial score (nSPS) is 14.2. The van der Waals surface area contributed by atoms with Crippen molar-refractivity contribution in [2.45, 2.75) is 26.7 Å². The van der Waals surface area contributed by atoms with Crippen LogP contribution in [0.25, 0.3) is 0 Å². The molecule has 2 aromatic rings. The van der Waals surface area contributed by atoms with E-state index in [9.17, 15) is 9.59 Å². The molecule has 0 unspecified atom stereocenters. The van der Waals surface area contributed by atoms with Gasteiger partial charge in [-0.3, -0.25) is 9.59 Å². The summed E-state index contributed by atoms with van der Waals surface area (Å²) in [6.07, 6.45) is 1.62. The summed E-state index contributed by atoms with van der Waals surface area (Å²) in [5, 5.41) is 2.95. The van der Waals surface area contributed by atoms with Crippen LogP contribution in [0.3, 0.4) is 0 Å². The minimum absolute atomic E-state index is 0.00502. The number of nitrogens with one attached hydrogen (secondary N) is 1. The highest BCUT2D eigenvalue weighted by Crippen LogP contribution is 2.19. The Labute approximate surface area is 167 Å². The van der Waals surface area contributed by atoms with Crippen molar-refractivity contribution < 1.29 is 9.59 Å². The number of para-hydroxylation sites is 1. The number of anilines is 2. The Hall–Kier alpha value is -2.82. The SMILES string of the molecule is CCC(CC)C(=O)Nc1cccc(C(=O)N2CCN(c3ccccc3)CC2)c1. The maximum absolute atomic E-state index is 12.9. The van der Waals surface area contributed by atoms with Crippen LogP contribution in [0.5, 0.6) is 0 Å². The van der Waals surface area contributed by atoms with Crippen LogP contribution < -0.4 is 10.2 Å². The predicted octanol–water partition coefficient (Wildman–Crippen LogP) is 4.02. The fraction of sp³-hybridized carbons (Fsp3) is 0.391. The van der Waals surface area contributed by atoms with Crippen molar-refractivity contribution in [3.05, 3.63) is 60.2 Å². The zero-order chi connectivity index (χ0) is 19.9. The first kappa shape index (κ1) is 19.9. The molecule has 0 saturated carbocycles. The number of nitrogens with zero attached hydrogens (tertiary/aromatic N) is 2. The molecule has 5 nitrogen and oxygen atoms in total. The van der Waals surface area contributed by atoms with Crippen molar-refractivity contribution in [2.24, 2.45) is 5.92 Å². The van der Waals surface area contributed by atoms with Gasteiger partial charge in [0.1, 0.15) is 0 Å². The Kier molecular flexibility index (Phi) is 6.69. The molecule has 0 aromatic heterocycles. The van der Waals surface area contributed by atoms with E-state index in [-0.39, 0.29) is 17.7 Å². The van der Waals surface area contributed by atoms with Gasteiger partial charge in [0, 0.05) is 49.0 Å². The lowest BCUT2D eigenvalue weighted by Gasteiger charge is -2.36. The summed E-state index contributed by atoms with van der Waals surface area (Å²) < 4.78 is 0. The highest BCUT2D eigenvalue weighted by molar-refractivity contribution is 5.97. The molecule has 1 N–H and O–H groups in total. The summed E-state index contributed by atoms with van der Waals surface area (Å²) in [7, 11) is 0. The van der Waals surface area contributed by atoms with Gasteiger partial charge in [-0.25, -0.2) is 0 Å². The van der Waals surface area contributed by atoms with Gasteiger partial charge in [0.15, 0.2) is 0 Å². The van der Waals surface area contributed by atoms with E-state index >= 15 is 0 Å². The summed E-state index contributed by atoms with van der Waals surface area (Å²) in [4.78, 5) is 29.4. The third-order valence-corrected chi connectivity index (χ3v) is 5.42. The van der Waals surface area contributed by atoms with Crippen LogP contribution in [0.15, 0.2) is 54.6 Å². The van der Waals surface area contributed by atoms with E-state index in [2.05, 4.69) is 22.3 Å². The molecule has 1 fully saturated rings. The van der Waals surface area contributed by atoms with Gasteiger partial charge in [0.25, 0.3) is 5.91 Å². The van der Waals surface area contributed by atoms with Gasteiger partial charge in [-0.05, 0) is 43.2 Å². The second kappa shape index (κ2) is 9.40. The summed E-state index contributed by atoms with van der Waals surface area (Å²) in [5.74, 6) is 0.0443. The molecule has 1 heterocycles. The number of carbonyl (C=O) groups excluding carboxylic acids is 2. The zero-order valence-electron chi connectivity index (χ0n) is 16.7. The largest absolute Gasteiger partial charge is 0.368 e. The highest BCUT2D eigenvalue weighted by Gasteiger charge is 2.23. The lowest BCUT2D eigenvalue weighted by atomic mass is 10.0. The Morgan fingerprint density at radius 2 is 1.61 bits per heavy atom. The Bertz CT molecular complexity index is 795. The van der Waals surface area contributed by atoms with Crippen LogP contribution in [-0.4, -0.2) is 42.9 Å². The van der Waals surface area contributed by atoms with Gasteiger partial charge in [0.2, 0.25) is 5.91 Å². The maximum Gasteiger partial charge on any atom is 0.254 e. The Morgan fingerprint density at radius 1 is 0.929 bits per heavy atom. The molecule has 0 radical (unpaired) electrons. The second-order valence-corrected chi connectivity index (χ2v) is 7.20. The molecule has 1 aliphatic rings. The third-order valence-electron chi connectivity index (χ3n) is 5.42. The first-order valence-electron chi connectivity index (χ1n) is 10.1. The number of hydrogen-bond acceptors (Lipinski definition) is 3. The van der Waals surface area contributed by atoms with Crippen molar-refractivity contribution in [3.8, 4) is 0 Å². The molecule has 0 bridgehead atoms. The summed E-state index contributed by atoms with van der Waals surface area (Å²) in [6.45, 7) is 7.06. The minimum atomic E-state index is 0.00502. The molecule has 1 saturated heterocycles. The Morgan fingerprint density at radius 3 is 2.25 bits per heavy atom. The third kappa shape index (κ3) is 4.71. The second-order valence-electron chi connectivity index (χ2n) is 7.20. The van der Waals surface area contributed by atoms with Crippen LogP contribution in [0.2, 0.25) is 0 Å². The quantitative estimate of drug-likeness (QED) is 0.825. The monoisotopic (exact) mass is 379 g/mol. The van der Waals surface area contributed by atoms with Gasteiger partial charge in [-0.15, -0.1) is 0 Å². The van der Waals surface area contributed by atoms with Crippen LogP contribution in [-0.2, 0) is 4.79 Å². The maximum atomic E-state index is 12.9. The number of piperazine rings is 1. The number of benzene rings is 2. The molecule has 148 valence electrons. The van der Waals surface area contributed by atoms with Crippen LogP contribution in [0, 0.1) is 5.92 Å². The van der Waals surface area contributed by atoms with Gasteiger partial charge < -0.3 is 15.1 Å². The molecule has 28 heavy (non-hydrogen) atoms. The average Bonchev–Trinajstić information content (AvgIpc) is 2.75. The van der Waals surface area contributed by atoms with E-state index in [4.69, 9.17) is 0 Å². The van der Waals surface area contributed by atoms with E-state index in [1.165, 1.54) is 5.69 Å². The van der Waals surface area contributed by atoms with E-state index in [1.54, 1.807) is 6.07 Å². The summed E-state index contributed by atoms with van der Waals surface area (Å²) >= 11 is 0. The average molecular weight is 380 g/mol. The molecule has 2 aromatic carbocycles. The van der Waals surface area contributed by atoms with E-state index in [0.717, 1.165) is 25.9 Å². The molecule has 0 aliphatic carbocycles. The van der Waals surface area contributed by atoms with Gasteiger partial charge in [0.05, 0.1) is 0 Å². The first-order chi connectivity index (χ1) is 13.6. The van der Waals surface area contributed by atoms with Crippen molar-refractivity contribution in [2.75, 3.05) is 36.4 Å². The topological polar surface area (TPSA) is 52.7 Å². The molecule has 2 amide bonds. The van der Waals surface area contributed by atoms with Gasteiger partial charge >= 0.3 is 0 Å². The van der Waals surface area contributed by atoms with Crippen LogP contribution >= 0.6 is 0 Å². The van der Waals surface area contributed by atoms with E-state index < -0.39 is 0 Å². The van der Waals surface area contributed by atoms with Crippen molar-refractivity contribution >= 4 is 23.2 Å². The first-order valence-corrected chi connectivity index (χ1v) is 10.1. The lowest BCUT2D eigenvalue weighted by Crippen LogP contribution is -2.48. The standard InChI is InChI=1S/C23H29N3O2/c1-3-18(4-2)22(27)24-20-10-8-9-19(17-20)23(28)26-15-13-25(14-16-26)21-11-6-5-7-12-21/h5-12,17-18H,3-4,13-16H2,1-2H3,(H,24,27). The van der Waals surface area contributed by atoms with Crippen molar-refractivity contribution in [3.63, 3.8) is 0 Å². The molecule has 1 aliphatic heterocycles. The molecular weight excluding hydrogens is 350 g/mol. The molecule has 3 rings (SSSR count). The van der Waals surface area contributed by atoms with Crippen LogP contribution in [0.4, 0.5) is 11.4 Å². The molecule has 5 heteroatoms. The fourth-order valence-corrected chi connectivity index (χ4v) is 3.62. The Balaban J connectivity index is 1.61. The number of carbonyl (C=O) groups is 2. The number of rotatable bonds is 6. The molecule has 0 spiro atoms. The lowest BCUT2D eigenvalue weighted by molar-refractivity contribution is -0.120. The van der Waals surface area contributed by atoms with Gasteiger partial charge in [-0.1, -0.05) is 38.1 Å². The van der Waals surface area contributed by atoms with Crippen LogP contribution in [0.1, 0.15) is 37.0 Å². The summed E-state index contributed by atoms with van der Waals surface area (Å²) in [5.41, 5.74) is 2.50. The van der Waals surface area contributed by atoms with Crippen molar-refractivity contribution in [1.82, 2.24) is 4.90 Å². The van der Waals surface area contributed by atoms with Crippen molar-refractivity contribution in [1.29, 1.82) is 0 Å². The smallest absolute Gasteiger partial charge is 0.254 e. The molecular formula is C23H29N3O2. The van der Waals surface area contributed by atoms with Gasteiger partial charge in [-0.2, -0.15) is 0 Å². The number of amides is 2. The minimum Gasteiger partial charge on any atom is -0.368 e. The fourth-order valence-electron chi connectivity index (χ4n) is 3.62. The van der Waals surface area contributed by atoms with E-state index in [0.29, 0.717) is 24.3 Å².